The highest BCUT2D eigenvalue weighted by Crippen LogP contribution is 2.33. The number of hydrogen-bond acceptors (Lipinski definition) is 6. The molecule has 1 amide bonds. The molecular formula is C17H22F3N7O. The Morgan fingerprint density at radius 1 is 1.21 bits per heavy atom. The zero-order valence-electron chi connectivity index (χ0n) is 16.3. The van der Waals surface area contributed by atoms with Gasteiger partial charge in [-0.05, 0) is 18.9 Å². The van der Waals surface area contributed by atoms with Crippen LogP contribution in [-0.2, 0) is 12.7 Å². The molecule has 8 nitrogen and oxygen atoms in total. The second-order valence-electron chi connectivity index (χ2n) is 7.23. The van der Waals surface area contributed by atoms with Crippen LogP contribution < -0.4 is 4.90 Å². The van der Waals surface area contributed by atoms with Crippen molar-refractivity contribution in [3.63, 3.8) is 0 Å². The maximum atomic E-state index is 13.1. The van der Waals surface area contributed by atoms with Crippen LogP contribution >= 0.6 is 0 Å². The van der Waals surface area contributed by atoms with Gasteiger partial charge in [-0.2, -0.15) is 13.2 Å². The first-order valence-electron chi connectivity index (χ1n) is 8.88. The Balaban J connectivity index is 1.95. The number of aromatic nitrogens is 5. The molecule has 1 unspecified atom stereocenters. The fourth-order valence-corrected chi connectivity index (χ4v) is 3.08. The van der Waals surface area contributed by atoms with Crippen LogP contribution in [0, 0.1) is 0 Å². The van der Waals surface area contributed by atoms with Gasteiger partial charge in [0.2, 0.25) is 11.8 Å². The van der Waals surface area contributed by atoms with Crippen LogP contribution in [0.15, 0.2) is 6.07 Å². The number of halogens is 3. The van der Waals surface area contributed by atoms with E-state index in [-0.39, 0.29) is 36.4 Å². The Bertz CT molecular complexity index is 865. The van der Waals surface area contributed by atoms with E-state index in [1.165, 1.54) is 4.90 Å². The van der Waals surface area contributed by atoms with Gasteiger partial charge in [0.25, 0.3) is 5.91 Å². The van der Waals surface area contributed by atoms with E-state index in [0.29, 0.717) is 11.6 Å². The van der Waals surface area contributed by atoms with Gasteiger partial charge in [-0.15, -0.1) is 10.2 Å². The minimum atomic E-state index is -4.59. The summed E-state index contributed by atoms with van der Waals surface area (Å²) in [6.07, 6.45) is -4.59. The van der Waals surface area contributed by atoms with Crippen molar-refractivity contribution in [2.45, 2.75) is 45.5 Å². The molecule has 0 fully saturated rings. The van der Waals surface area contributed by atoms with Crippen molar-refractivity contribution in [3.05, 3.63) is 29.1 Å². The summed E-state index contributed by atoms with van der Waals surface area (Å²) >= 11 is 0. The number of nitrogens with zero attached hydrogens (tertiary/aromatic N) is 7. The number of hydrogen-bond donors (Lipinski definition) is 0. The Kier molecular flexibility index (Phi) is 5.02. The maximum Gasteiger partial charge on any atom is 0.451 e. The highest BCUT2D eigenvalue weighted by Gasteiger charge is 2.42. The number of amides is 1. The van der Waals surface area contributed by atoms with Gasteiger partial charge >= 0.3 is 6.18 Å². The monoisotopic (exact) mass is 397 g/mol. The van der Waals surface area contributed by atoms with Crippen LogP contribution in [-0.4, -0.2) is 56.2 Å². The minimum absolute atomic E-state index is 0.0318. The lowest BCUT2D eigenvalue weighted by Crippen LogP contribution is -2.42. The molecule has 1 atom stereocenters. The fraction of sp³-hybridized carbons (Fsp3) is 0.588. The third kappa shape index (κ3) is 3.52. The Labute approximate surface area is 160 Å². The Morgan fingerprint density at radius 2 is 1.89 bits per heavy atom. The van der Waals surface area contributed by atoms with Gasteiger partial charge in [0.1, 0.15) is 5.69 Å². The molecule has 2 aromatic heterocycles. The number of carbonyl (C=O) groups excluding carboxylic acids is 1. The SMILES string of the molecule is CC(C)c1cc(C(=O)N2CCn3c(nnc3C(F)(F)F)C2C)nc(N(C)C)n1. The number of rotatable bonds is 3. The summed E-state index contributed by atoms with van der Waals surface area (Å²) in [4.78, 5) is 25.0. The van der Waals surface area contributed by atoms with E-state index < -0.39 is 18.0 Å². The smallest absolute Gasteiger partial charge is 0.347 e. The van der Waals surface area contributed by atoms with Gasteiger partial charge in [0.15, 0.2) is 5.82 Å². The van der Waals surface area contributed by atoms with Crippen molar-refractivity contribution in [1.82, 2.24) is 29.6 Å². The van der Waals surface area contributed by atoms with E-state index in [1.807, 2.05) is 13.8 Å². The first-order valence-corrected chi connectivity index (χ1v) is 8.88. The van der Waals surface area contributed by atoms with Crippen LogP contribution in [0.25, 0.3) is 0 Å². The second kappa shape index (κ2) is 7.02. The molecule has 0 saturated heterocycles. The lowest BCUT2D eigenvalue weighted by Gasteiger charge is -2.33. The molecule has 1 aliphatic rings. The molecule has 0 spiro atoms. The molecule has 2 aromatic rings. The summed E-state index contributed by atoms with van der Waals surface area (Å²) < 4.78 is 40.2. The molecule has 0 aromatic carbocycles. The van der Waals surface area contributed by atoms with Crippen molar-refractivity contribution in [2.24, 2.45) is 0 Å². The standard InChI is InChI=1S/C17H22F3N7O/c1-9(2)11-8-12(22-16(21-11)25(4)5)14(28)26-6-7-27-13(10(26)3)23-24-15(27)17(18,19)20/h8-10H,6-7H2,1-5H3. The molecule has 28 heavy (non-hydrogen) atoms. The van der Waals surface area contributed by atoms with Crippen molar-refractivity contribution in [3.8, 4) is 0 Å². The van der Waals surface area contributed by atoms with Gasteiger partial charge < -0.3 is 14.4 Å². The van der Waals surface area contributed by atoms with Gasteiger partial charge in [0, 0.05) is 32.9 Å². The predicted octanol–water partition coefficient (Wildman–Crippen LogP) is 2.49. The van der Waals surface area contributed by atoms with Crippen LogP contribution in [0.3, 0.4) is 0 Å². The quantitative estimate of drug-likeness (QED) is 0.792. The first-order chi connectivity index (χ1) is 13.0. The van der Waals surface area contributed by atoms with E-state index >= 15 is 0 Å². The summed E-state index contributed by atoms with van der Waals surface area (Å²) in [5.41, 5.74) is 0.924. The van der Waals surface area contributed by atoms with Crippen molar-refractivity contribution < 1.29 is 18.0 Å². The Hall–Kier alpha value is -2.72. The molecule has 11 heteroatoms. The third-order valence-electron chi connectivity index (χ3n) is 4.64. The Morgan fingerprint density at radius 3 is 2.46 bits per heavy atom. The molecule has 3 heterocycles. The summed E-state index contributed by atoms with van der Waals surface area (Å²) in [5.74, 6) is -0.813. The number of fused-ring (bicyclic) bond motifs is 1. The van der Waals surface area contributed by atoms with Gasteiger partial charge in [0.05, 0.1) is 6.04 Å². The highest BCUT2D eigenvalue weighted by molar-refractivity contribution is 5.93. The fourth-order valence-electron chi connectivity index (χ4n) is 3.08. The van der Waals surface area contributed by atoms with Crippen LogP contribution in [0.5, 0.6) is 0 Å². The molecule has 0 radical (unpaired) electrons. The van der Waals surface area contributed by atoms with Gasteiger partial charge in [-0.1, -0.05) is 13.8 Å². The van der Waals surface area contributed by atoms with Crippen molar-refractivity contribution in [2.75, 3.05) is 25.5 Å². The average molecular weight is 397 g/mol. The molecule has 1 aliphatic heterocycles. The molecule has 0 saturated carbocycles. The minimum Gasteiger partial charge on any atom is -0.347 e. The summed E-state index contributed by atoms with van der Waals surface area (Å²) in [6.45, 7) is 5.62. The van der Waals surface area contributed by atoms with Crippen LogP contribution in [0.4, 0.5) is 19.1 Å². The number of carbonyl (C=O) groups is 1. The van der Waals surface area contributed by atoms with Gasteiger partial charge in [-0.3, -0.25) is 4.79 Å². The zero-order chi connectivity index (χ0) is 20.8. The largest absolute Gasteiger partial charge is 0.451 e. The maximum absolute atomic E-state index is 13.1. The zero-order valence-corrected chi connectivity index (χ0v) is 16.3. The summed E-state index contributed by atoms with van der Waals surface area (Å²) in [6, 6.07) is 0.970. The van der Waals surface area contributed by atoms with Crippen molar-refractivity contribution in [1.29, 1.82) is 0 Å². The number of anilines is 1. The molecule has 152 valence electrons. The molecule has 0 bridgehead atoms. The van der Waals surface area contributed by atoms with Crippen LogP contribution in [0.1, 0.15) is 60.6 Å². The lowest BCUT2D eigenvalue weighted by molar-refractivity contribution is -0.148. The van der Waals surface area contributed by atoms with Gasteiger partial charge in [-0.25, -0.2) is 9.97 Å². The molecule has 0 N–H and O–H groups in total. The second-order valence-corrected chi connectivity index (χ2v) is 7.23. The van der Waals surface area contributed by atoms with E-state index in [2.05, 4.69) is 20.2 Å². The van der Waals surface area contributed by atoms with E-state index in [4.69, 9.17) is 0 Å². The van der Waals surface area contributed by atoms with E-state index in [0.717, 1.165) is 4.57 Å². The summed E-state index contributed by atoms with van der Waals surface area (Å²) in [7, 11) is 3.55. The highest BCUT2D eigenvalue weighted by atomic mass is 19.4. The van der Waals surface area contributed by atoms with Crippen molar-refractivity contribution >= 4 is 11.9 Å². The van der Waals surface area contributed by atoms with E-state index in [9.17, 15) is 18.0 Å². The molecule has 3 rings (SSSR count). The predicted molar refractivity (Wildman–Crippen MR) is 94.9 cm³/mol. The normalized spacial score (nSPS) is 17.0. The first kappa shape index (κ1) is 20.0. The lowest BCUT2D eigenvalue weighted by atomic mass is 10.1. The van der Waals surface area contributed by atoms with E-state index in [1.54, 1.807) is 32.0 Å². The molecular weight excluding hydrogens is 375 g/mol. The topological polar surface area (TPSA) is 80.0 Å². The average Bonchev–Trinajstić information content (AvgIpc) is 3.06. The number of alkyl halides is 3. The van der Waals surface area contributed by atoms with Crippen LogP contribution in [0.2, 0.25) is 0 Å². The summed E-state index contributed by atoms with van der Waals surface area (Å²) in [5, 5.41) is 6.96. The molecule has 0 aliphatic carbocycles. The third-order valence-corrected chi connectivity index (χ3v) is 4.64.